The zero-order valence-corrected chi connectivity index (χ0v) is 16.3. The van der Waals surface area contributed by atoms with Gasteiger partial charge in [0.25, 0.3) is 0 Å². The van der Waals surface area contributed by atoms with Crippen molar-refractivity contribution < 1.29 is 14.6 Å². The van der Waals surface area contributed by atoms with E-state index < -0.39 is 0 Å². The topological polar surface area (TPSA) is 77.2 Å². The van der Waals surface area contributed by atoms with E-state index in [0.717, 1.165) is 22.5 Å². The summed E-state index contributed by atoms with van der Waals surface area (Å²) in [5.41, 5.74) is 3.76. The highest BCUT2D eigenvalue weighted by molar-refractivity contribution is 6.07. The van der Waals surface area contributed by atoms with Crippen molar-refractivity contribution in [2.75, 3.05) is 7.11 Å². The Balaban J connectivity index is 1.55. The molecule has 0 spiro atoms. The van der Waals surface area contributed by atoms with Gasteiger partial charge in [-0.05, 0) is 35.9 Å². The van der Waals surface area contributed by atoms with Gasteiger partial charge in [-0.2, -0.15) is 0 Å². The molecular formula is C24H19N3O3. The Hall–Kier alpha value is -4.19. The number of phenols is 1. The number of hydrogen-bond donors (Lipinski definition) is 1. The van der Waals surface area contributed by atoms with Crippen LogP contribution in [0.25, 0.3) is 23.0 Å². The number of carbonyl (C=O) groups is 1. The first-order valence-corrected chi connectivity index (χ1v) is 9.31. The minimum atomic E-state index is -0.146. The number of carbonyl (C=O) groups excluding carboxylic acids is 1. The predicted octanol–water partition coefficient (Wildman–Crippen LogP) is 4.54. The SMILES string of the molecule is COc1cc(/C=C/C(=O)c2cccc(-n3cc(-c4ccccc4)nn3)c2)ccc1O. The standard InChI is InChI=1S/C24H19N3O3/c1-30-24-14-17(11-13-23(24)29)10-12-22(28)19-8-5-9-20(15-19)27-16-21(25-26-27)18-6-3-2-4-7-18/h2-16,29H,1H3/b12-10+. The maximum absolute atomic E-state index is 12.6. The molecule has 0 saturated carbocycles. The Morgan fingerprint density at radius 3 is 2.67 bits per heavy atom. The summed E-state index contributed by atoms with van der Waals surface area (Å²) in [7, 11) is 1.48. The number of nitrogens with zero attached hydrogens (tertiary/aromatic N) is 3. The van der Waals surface area contributed by atoms with Gasteiger partial charge in [-0.15, -0.1) is 5.10 Å². The van der Waals surface area contributed by atoms with Crippen LogP contribution in [0.3, 0.4) is 0 Å². The van der Waals surface area contributed by atoms with E-state index in [1.807, 2.05) is 48.7 Å². The Kier molecular flexibility index (Phi) is 5.39. The van der Waals surface area contributed by atoms with Gasteiger partial charge in [0.05, 0.1) is 19.0 Å². The predicted molar refractivity (Wildman–Crippen MR) is 115 cm³/mol. The minimum Gasteiger partial charge on any atom is -0.504 e. The van der Waals surface area contributed by atoms with E-state index in [2.05, 4.69) is 10.3 Å². The Morgan fingerprint density at radius 1 is 1.03 bits per heavy atom. The van der Waals surface area contributed by atoms with E-state index in [1.165, 1.54) is 19.3 Å². The highest BCUT2D eigenvalue weighted by Crippen LogP contribution is 2.27. The second kappa shape index (κ2) is 8.45. The molecule has 0 bridgehead atoms. The molecule has 6 heteroatoms. The summed E-state index contributed by atoms with van der Waals surface area (Å²) < 4.78 is 6.74. The number of hydrogen-bond acceptors (Lipinski definition) is 5. The normalized spacial score (nSPS) is 11.0. The number of aromatic nitrogens is 3. The van der Waals surface area contributed by atoms with Crippen LogP contribution in [0.4, 0.5) is 0 Å². The van der Waals surface area contributed by atoms with Crippen LogP contribution in [0.15, 0.2) is 85.1 Å². The molecule has 148 valence electrons. The first-order valence-electron chi connectivity index (χ1n) is 9.31. The molecule has 6 nitrogen and oxygen atoms in total. The summed E-state index contributed by atoms with van der Waals surface area (Å²) in [5.74, 6) is 0.260. The van der Waals surface area contributed by atoms with Crippen LogP contribution in [0.5, 0.6) is 11.5 Å². The lowest BCUT2D eigenvalue weighted by Crippen LogP contribution is -1.99. The molecule has 1 heterocycles. The van der Waals surface area contributed by atoms with Crippen LogP contribution in [0.2, 0.25) is 0 Å². The van der Waals surface area contributed by atoms with E-state index in [1.54, 1.807) is 35.0 Å². The highest BCUT2D eigenvalue weighted by Gasteiger charge is 2.08. The summed E-state index contributed by atoms with van der Waals surface area (Å²) in [5, 5.41) is 18.1. The summed E-state index contributed by atoms with van der Waals surface area (Å²) in [6, 6.07) is 21.9. The van der Waals surface area contributed by atoms with Crippen LogP contribution in [0.1, 0.15) is 15.9 Å². The number of allylic oxidation sites excluding steroid dienone is 1. The van der Waals surface area contributed by atoms with E-state index in [0.29, 0.717) is 11.3 Å². The molecule has 1 aromatic heterocycles. The molecule has 4 aromatic rings. The Labute approximate surface area is 173 Å². The van der Waals surface area contributed by atoms with Gasteiger partial charge < -0.3 is 9.84 Å². The number of benzene rings is 3. The molecule has 1 N–H and O–H groups in total. The van der Waals surface area contributed by atoms with Gasteiger partial charge in [0.1, 0.15) is 5.69 Å². The second-order valence-corrected chi connectivity index (χ2v) is 6.59. The van der Waals surface area contributed by atoms with Crippen molar-refractivity contribution in [3.8, 4) is 28.4 Å². The third-order valence-corrected chi connectivity index (χ3v) is 4.59. The van der Waals surface area contributed by atoms with Gasteiger partial charge in [-0.1, -0.05) is 59.8 Å². The number of ketones is 1. The maximum Gasteiger partial charge on any atom is 0.185 e. The van der Waals surface area contributed by atoms with Crippen molar-refractivity contribution in [2.24, 2.45) is 0 Å². The average molecular weight is 397 g/mol. The molecule has 0 fully saturated rings. The molecule has 0 aliphatic carbocycles. The number of rotatable bonds is 6. The van der Waals surface area contributed by atoms with Crippen molar-refractivity contribution in [3.05, 3.63) is 96.2 Å². The van der Waals surface area contributed by atoms with Crippen molar-refractivity contribution in [2.45, 2.75) is 0 Å². The van der Waals surface area contributed by atoms with E-state index in [-0.39, 0.29) is 11.5 Å². The molecule has 0 unspecified atom stereocenters. The maximum atomic E-state index is 12.6. The molecule has 30 heavy (non-hydrogen) atoms. The molecule has 0 atom stereocenters. The van der Waals surface area contributed by atoms with Crippen LogP contribution in [-0.2, 0) is 0 Å². The van der Waals surface area contributed by atoms with Crippen molar-refractivity contribution in [1.82, 2.24) is 15.0 Å². The molecule has 0 aliphatic heterocycles. The molecule has 4 rings (SSSR count). The van der Waals surface area contributed by atoms with Crippen LogP contribution < -0.4 is 4.74 Å². The summed E-state index contributed by atoms with van der Waals surface area (Å²) in [6.07, 6.45) is 5.00. The number of methoxy groups -OCH3 is 1. The lowest BCUT2D eigenvalue weighted by Gasteiger charge is -2.04. The van der Waals surface area contributed by atoms with Crippen molar-refractivity contribution >= 4 is 11.9 Å². The van der Waals surface area contributed by atoms with Gasteiger partial charge in [0.2, 0.25) is 0 Å². The number of phenolic OH excluding ortho intramolecular Hbond substituents is 1. The zero-order valence-electron chi connectivity index (χ0n) is 16.3. The third-order valence-electron chi connectivity index (χ3n) is 4.59. The van der Waals surface area contributed by atoms with E-state index in [9.17, 15) is 9.90 Å². The summed E-state index contributed by atoms with van der Waals surface area (Å²) >= 11 is 0. The van der Waals surface area contributed by atoms with Gasteiger partial charge in [-0.3, -0.25) is 4.79 Å². The largest absolute Gasteiger partial charge is 0.504 e. The molecule has 3 aromatic carbocycles. The van der Waals surface area contributed by atoms with E-state index in [4.69, 9.17) is 4.74 Å². The minimum absolute atomic E-state index is 0.0522. The van der Waals surface area contributed by atoms with Crippen LogP contribution >= 0.6 is 0 Å². The fraction of sp³-hybridized carbons (Fsp3) is 0.0417. The fourth-order valence-electron chi connectivity index (χ4n) is 3.00. The van der Waals surface area contributed by atoms with E-state index >= 15 is 0 Å². The highest BCUT2D eigenvalue weighted by atomic mass is 16.5. The fourth-order valence-corrected chi connectivity index (χ4v) is 3.00. The Morgan fingerprint density at radius 2 is 1.87 bits per heavy atom. The second-order valence-electron chi connectivity index (χ2n) is 6.59. The monoisotopic (exact) mass is 397 g/mol. The van der Waals surface area contributed by atoms with Gasteiger partial charge in [-0.25, -0.2) is 4.68 Å². The van der Waals surface area contributed by atoms with Gasteiger partial charge >= 0.3 is 0 Å². The lowest BCUT2D eigenvalue weighted by atomic mass is 10.1. The molecule has 0 radical (unpaired) electrons. The molecule has 0 aliphatic rings. The first kappa shape index (κ1) is 19.1. The average Bonchev–Trinajstić information content (AvgIpc) is 3.29. The summed E-state index contributed by atoms with van der Waals surface area (Å²) in [6.45, 7) is 0. The van der Waals surface area contributed by atoms with Crippen molar-refractivity contribution in [3.63, 3.8) is 0 Å². The number of ether oxygens (including phenoxy) is 1. The molecular weight excluding hydrogens is 378 g/mol. The van der Waals surface area contributed by atoms with Gasteiger partial charge in [0, 0.05) is 11.1 Å². The smallest absolute Gasteiger partial charge is 0.185 e. The lowest BCUT2D eigenvalue weighted by molar-refractivity contribution is 0.104. The first-order chi connectivity index (χ1) is 14.6. The van der Waals surface area contributed by atoms with Gasteiger partial charge in [0.15, 0.2) is 17.3 Å². The quantitative estimate of drug-likeness (QED) is 0.382. The summed E-state index contributed by atoms with van der Waals surface area (Å²) in [4.78, 5) is 12.6. The number of aromatic hydroxyl groups is 1. The zero-order chi connectivity index (χ0) is 20.9. The van der Waals surface area contributed by atoms with Crippen molar-refractivity contribution in [1.29, 1.82) is 0 Å². The molecule has 0 saturated heterocycles. The Bertz CT molecular complexity index is 1210. The van der Waals surface area contributed by atoms with Crippen LogP contribution in [-0.4, -0.2) is 33.0 Å². The van der Waals surface area contributed by atoms with Crippen LogP contribution in [0, 0.1) is 0 Å². The molecule has 0 amide bonds. The third kappa shape index (κ3) is 4.12.